The first-order chi connectivity index (χ1) is 8.07. The standard InChI is InChI=1S/C10H11BrN2O3S/c1-2-16-8(15)10(3-4-10)13-7(14)6-5-17-9(11)12-6/h5H,2-4H2,1H3,(H,13,14). The molecule has 1 aromatic rings. The number of hydrogen-bond donors (Lipinski definition) is 1. The summed E-state index contributed by atoms with van der Waals surface area (Å²) in [5, 5.41) is 4.33. The van der Waals surface area contributed by atoms with Gasteiger partial charge in [0.1, 0.15) is 11.2 Å². The van der Waals surface area contributed by atoms with Crippen LogP contribution in [0.5, 0.6) is 0 Å². The third-order valence-electron chi connectivity index (χ3n) is 2.48. The number of ether oxygens (including phenoxy) is 1. The lowest BCUT2D eigenvalue weighted by Crippen LogP contribution is -2.44. The maximum Gasteiger partial charge on any atom is 0.331 e. The van der Waals surface area contributed by atoms with Gasteiger partial charge in [-0.3, -0.25) is 4.79 Å². The first-order valence-corrected chi connectivity index (χ1v) is 6.85. The zero-order chi connectivity index (χ0) is 12.5. The second kappa shape index (κ2) is 4.73. The van der Waals surface area contributed by atoms with Crippen LogP contribution in [-0.4, -0.2) is 29.0 Å². The molecule has 0 atom stereocenters. The van der Waals surface area contributed by atoms with Crippen LogP contribution in [0.4, 0.5) is 0 Å². The van der Waals surface area contributed by atoms with Gasteiger partial charge in [0.05, 0.1) is 6.61 Å². The van der Waals surface area contributed by atoms with Crippen molar-refractivity contribution in [1.82, 2.24) is 10.3 Å². The van der Waals surface area contributed by atoms with Crippen molar-refractivity contribution in [2.45, 2.75) is 25.3 Å². The van der Waals surface area contributed by atoms with Crippen LogP contribution in [0.1, 0.15) is 30.3 Å². The fraction of sp³-hybridized carbons (Fsp3) is 0.500. The summed E-state index contributed by atoms with van der Waals surface area (Å²) >= 11 is 4.51. The van der Waals surface area contributed by atoms with Crippen LogP contribution in [0.2, 0.25) is 0 Å². The molecular formula is C10H11BrN2O3S. The summed E-state index contributed by atoms with van der Waals surface area (Å²) in [7, 11) is 0. The number of amides is 1. The minimum atomic E-state index is -0.816. The van der Waals surface area contributed by atoms with E-state index in [0.29, 0.717) is 29.1 Å². The lowest BCUT2D eigenvalue weighted by Gasteiger charge is -2.14. The molecule has 1 aliphatic rings. The van der Waals surface area contributed by atoms with E-state index in [1.165, 1.54) is 11.3 Å². The van der Waals surface area contributed by atoms with Crippen molar-refractivity contribution >= 4 is 39.1 Å². The highest BCUT2D eigenvalue weighted by atomic mass is 79.9. The van der Waals surface area contributed by atoms with Gasteiger partial charge in [-0.15, -0.1) is 11.3 Å². The number of nitrogens with one attached hydrogen (secondary N) is 1. The van der Waals surface area contributed by atoms with E-state index in [2.05, 4.69) is 26.2 Å². The molecule has 1 aromatic heterocycles. The van der Waals surface area contributed by atoms with E-state index in [9.17, 15) is 9.59 Å². The third kappa shape index (κ3) is 2.66. The Morgan fingerprint density at radius 2 is 2.35 bits per heavy atom. The topological polar surface area (TPSA) is 68.3 Å². The number of rotatable bonds is 4. The normalized spacial score (nSPS) is 16.4. The summed E-state index contributed by atoms with van der Waals surface area (Å²) in [6, 6.07) is 0. The molecule has 0 bridgehead atoms. The van der Waals surface area contributed by atoms with Crippen LogP contribution < -0.4 is 5.32 Å². The van der Waals surface area contributed by atoms with Gasteiger partial charge >= 0.3 is 5.97 Å². The van der Waals surface area contributed by atoms with Gasteiger partial charge in [-0.1, -0.05) is 0 Å². The van der Waals surface area contributed by atoms with E-state index in [4.69, 9.17) is 4.74 Å². The predicted octanol–water partition coefficient (Wildman–Crippen LogP) is 1.73. The zero-order valence-corrected chi connectivity index (χ0v) is 11.6. The number of carbonyl (C=O) groups is 2. The molecule has 2 rings (SSSR count). The van der Waals surface area contributed by atoms with Gasteiger partial charge in [0, 0.05) is 5.38 Å². The number of hydrogen-bond acceptors (Lipinski definition) is 5. The maximum atomic E-state index is 11.8. The van der Waals surface area contributed by atoms with Crippen molar-refractivity contribution in [3.05, 3.63) is 15.0 Å². The Morgan fingerprint density at radius 1 is 1.65 bits per heavy atom. The number of esters is 1. The van der Waals surface area contributed by atoms with Gasteiger partial charge in [0.15, 0.2) is 3.92 Å². The third-order valence-corrected chi connectivity index (χ3v) is 3.84. The molecule has 1 saturated carbocycles. The van der Waals surface area contributed by atoms with Crippen LogP contribution in [0, 0.1) is 0 Å². The van der Waals surface area contributed by atoms with Crippen LogP contribution in [-0.2, 0) is 9.53 Å². The molecule has 1 fully saturated rings. The van der Waals surface area contributed by atoms with Crippen LogP contribution in [0.3, 0.4) is 0 Å². The Kier molecular flexibility index (Phi) is 3.48. The molecule has 5 nitrogen and oxygen atoms in total. The molecule has 7 heteroatoms. The maximum absolute atomic E-state index is 11.8. The van der Waals surface area contributed by atoms with Crippen LogP contribution in [0.25, 0.3) is 0 Å². The molecule has 1 aliphatic carbocycles. The second-order valence-electron chi connectivity index (χ2n) is 3.74. The molecule has 1 amide bonds. The first kappa shape index (κ1) is 12.5. The smallest absolute Gasteiger partial charge is 0.331 e. The van der Waals surface area contributed by atoms with Crippen molar-refractivity contribution in [1.29, 1.82) is 0 Å². The van der Waals surface area contributed by atoms with Crippen LogP contribution in [0.15, 0.2) is 9.30 Å². The molecule has 0 radical (unpaired) electrons. The van der Waals surface area contributed by atoms with Gasteiger partial charge in [0.25, 0.3) is 5.91 Å². The zero-order valence-electron chi connectivity index (χ0n) is 9.16. The van der Waals surface area contributed by atoms with Crippen molar-refractivity contribution in [2.75, 3.05) is 6.61 Å². The highest BCUT2D eigenvalue weighted by Crippen LogP contribution is 2.37. The van der Waals surface area contributed by atoms with E-state index in [1.807, 2.05) is 0 Å². The van der Waals surface area contributed by atoms with Gasteiger partial charge in [-0.05, 0) is 35.7 Å². The fourth-order valence-electron chi connectivity index (χ4n) is 1.41. The van der Waals surface area contributed by atoms with E-state index in [1.54, 1.807) is 12.3 Å². The lowest BCUT2D eigenvalue weighted by molar-refractivity contribution is -0.146. The number of halogens is 1. The molecule has 1 heterocycles. The summed E-state index contributed by atoms with van der Waals surface area (Å²) in [5.74, 6) is -0.694. The average Bonchev–Trinajstić information content (AvgIpc) is 2.93. The summed E-state index contributed by atoms with van der Waals surface area (Å²) in [6.07, 6.45) is 1.26. The number of carbonyl (C=O) groups excluding carboxylic acids is 2. The van der Waals surface area contributed by atoms with Crippen molar-refractivity contribution in [2.24, 2.45) is 0 Å². The number of thiazole rings is 1. The average molecular weight is 319 g/mol. The van der Waals surface area contributed by atoms with Gasteiger partial charge < -0.3 is 10.1 Å². The molecule has 0 unspecified atom stereocenters. The Bertz CT molecular complexity index is 456. The molecule has 17 heavy (non-hydrogen) atoms. The molecule has 92 valence electrons. The molecular weight excluding hydrogens is 308 g/mol. The Labute approximate surface area is 111 Å². The second-order valence-corrected chi connectivity index (χ2v) is 5.88. The Balaban J connectivity index is 2.02. The van der Waals surface area contributed by atoms with Crippen molar-refractivity contribution in [3.8, 4) is 0 Å². The van der Waals surface area contributed by atoms with Gasteiger partial charge in [-0.25, -0.2) is 9.78 Å². The van der Waals surface area contributed by atoms with E-state index in [-0.39, 0.29) is 11.9 Å². The summed E-state index contributed by atoms with van der Waals surface area (Å²) in [5.41, 5.74) is -0.499. The van der Waals surface area contributed by atoms with Gasteiger partial charge in [-0.2, -0.15) is 0 Å². The lowest BCUT2D eigenvalue weighted by atomic mass is 10.2. The van der Waals surface area contributed by atoms with Crippen LogP contribution >= 0.6 is 27.3 Å². The first-order valence-electron chi connectivity index (χ1n) is 5.18. The van der Waals surface area contributed by atoms with Crippen molar-refractivity contribution < 1.29 is 14.3 Å². The monoisotopic (exact) mass is 318 g/mol. The number of nitrogens with zero attached hydrogens (tertiary/aromatic N) is 1. The summed E-state index contributed by atoms with van der Waals surface area (Å²) in [4.78, 5) is 27.5. The van der Waals surface area contributed by atoms with E-state index in [0.717, 1.165) is 0 Å². The molecule has 0 spiro atoms. The molecule has 0 aliphatic heterocycles. The predicted molar refractivity (Wildman–Crippen MR) is 65.9 cm³/mol. The number of aromatic nitrogens is 1. The SMILES string of the molecule is CCOC(=O)C1(NC(=O)c2csc(Br)n2)CC1. The minimum Gasteiger partial charge on any atom is -0.464 e. The molecule has 1 N–H and O–H groups in total. The molecule has 0 saturated heterocycles. The van der Waals surface area contributed by atoms with Gasteiger partial charge in [0.2, 0.25) is 0 Å². The minimum absolute atomic E-state index is 0.317. The molecule has 0 aromatic carbocycles. The Morgan fingerprint density at radius 3 is 2.82 bits per heavy atom. The van der Waals surface area contributed by atoms with E-state index < -0.39 is 5.54 Å². The largest absolute Gasteiger partial charge is 0.464 e. The summed E-state index contributed by atoms with van der Waals surface area (Å²) in [6.45, 7) is 2.06. The van der Waals surface area contributed by atoms with Crippen molar-refractivity contribution in [3.63, 3.8) is 0 Å². The highest BCUT2D eigenvalue weighted by Gasteiger charge is 2.52. The van der Waals surface area contributed by atoms with E-state index >= 15 is 0 Å². The highest BCUT2D eigenvalue weighted by molar-refractivity contribution is 9.11. The Hall–Kier alpha value is -0.950. The quantitative estimate of drug-likeness (QED) is 0.858. The fourth-order valence-corrected chi connectivity index (χ4v) is 2.40. The summed E-state index contributed by atoms with van der Waals surface area (Å²) < 4.78 is 5.57.